The number of nitrogens with zero attached hydrogens (tertiary/aromatic N) is 3. The van der Waals surface area contributed by atoms with Gasteiger partial charge in [0, 0.05) is 24.1 Å². The average Bonchev–Trinajstić information content (AvgIpc) is 3.03. The van der Waals surface area contributed by atoms with Crippen molar-refractivity contribution in [2.75, 3.05) is 5.73 Å². The third-order valence-electron chi connectivity index (χ3n) is 3.46. The lowest BCUT2D eigenvalue weighted by Gasteiger charge is -2.10. The van der Waals surface area contributed by atoms with Crippen LogP contribution in [0.15, 0.2) is 61.2 Å². The van der Waals surface area contributed by atoms with E-state index in [0.29, 0.717) is 6.42 Å². The topological polar surface area (TPSA) is 87.0 Å². The number of benzene rings is 2. The molecule has 110 valence electrons. The Kier molecular flexibility index (Phi) is 3.57. The Labute approximate surface area is 127 Å². The van der Waals surface area contributed by atoms with Gasteiger partial charge in [0.25, 0.3) is 5.69 Å². The number of para-hydroxylation sites is 1. The van der Waals surface area contributed by atoms with E-state index in [4.69, 9.17) is 5.73 Å². The Morgan fingerprint density at radius 3 is 2.77 bits per heavy atom. The third kappa shape index (κ3) is 2.67. The predicted molar refractivity (Wildman–Crippen MR) is 83.9 cm³/mol. The van der Waals surface area contributed by atoms with E-state index in [1.807, 2.05) is 41.1 Å². The fourth-order valence-corrected chi connectivity index (χ4v) is 2.39. The van der Waals surface area contributed by atoms with E-state index >= 15 is 0 Å². The van der Waals surface area contributed by atoms with Crippen molar-refractivity contribution in [3.8, 4) is 5.69 Å². The summed E-state index contributed by atoms with van der Waals surface area (Å²) in [5.74, 6) is 0. The lowest BCUT2D eigenvalue weighted by Crippen LogP contribution is -2.00. The number of aromatic nitrogens is 2. The first-order valence-corrected chi connectivity index (χ1v) is 6.74. The molecule has 22 heavy (non-hydrogen) atoms. The molecule has 2 N–H and O–H groups in total. The third-order valence-corrected chi connectivity index (χ3v) is 3.46. The van der Waals surface area contributed by atoms with Gasteiger partial charge in [-0.05, 0) is 29.7 Å². The minimum atomic E-state index is -0.458. The van der Waals surface area contributed by atoms with Crippen molar-refractivity contribution in [2.24, 2.45) is 0 Å². The highest BCUT2D eigenvalue weighted by Crippen LogP contribution is 2.25. The standard InChI is InChI=1S/C16H14N4O2/c17-14-6-5-12(10-16(14)20(21)22)9-13-3-1-2-4-15(13)19-8-7-18-11-19/h1-8,10-11H,9,17H2. The van der Waals surface area contributed by atoms with Crippen molar-refractivity contribution in [1.29, 1.82) is 0 Å². The van der Waals surface area contributed by atoms with Gasteiger partial charge >= 0.3 is 0 Å². The molecule has 0 radical (unpaired) electrons. The highest BCUT2D eigenvalue weighted by molar-refractivity contribution is 5.60. The molecule has 6 nitrogen and oxygen atoms in total. The summed E-state index contributed by atoms with van der Waals surface area (Å²) < 4.78 is 1.92. The van der Waals surface area contributed by atoms with E-state index in [2.05, 4.69) is 4.98 Å². The van der Waals surface area contributed by atoms with Crippen molar-refractivity contribution < 1.29 is 4.92 Å². The Morgan fingerprint density at radius 1 is 1.23 bits per heavy atom. The first kappa shape index (κ1) is 13.8. The molecule has 6 heteroatoms. The maximum atomic E-state index is 11.0. The van der Waals surface area contributed by atoms with E-state index in [9.17, 15) is 10.1 Å². The second kappa shape index (κ2) is 5.69. The van der Waals surface area contributed by atoms with Gasteiger partial charge in [0.15, 0.2) is 0 Å². The van der Waals surface area contributed by atoms with E-state index in [1.165, 1.54) is 6.07 Å². The second-order valence-electron chi connectivity index (χ2n) is 4.93. The normalized spacial score (nSPS) is 10.5. The van der Waals surface area contributed by atoms with Crippen LogP contribution >= 0.6 is 0 Å². The number of hydrogen-bond donors (Lipinski definition) is 1. The summed E-state index contributed by atoms with van der Waals surface area (Å²) in [5, 5.41) is 11.0. The molecule has 3 rings (SSSR count). The van der Waals surface area contributed by atoms with Gasteiger partial charge in [-0.1, -0.05) is 24.3 Å². The molecular weight excluding hydrogens is 280 g/mol. The van der Waals surface area contributed by atoms with Gasteiger partial charge in [-0.15, -0.1) is 0 Å². The average molecular weight is 294 g/mol. The summed E-state index contributed by atoms with van der Waals surface area (Å²) >= 11 is 0. The Bertz CT molecular complexity index is 813. The molecule has 0 aliphatic heterocycles. The molecule has 1 aromatic heterocycles. The zero-order valence-electron chi connectivity index (χ0n) is 11.7. The molecule has 0 unspecified atom stereocenters. The van der Waals surface area contributed by atoms with Crippen LogP contribution in [0, 0.1) is 10.1 Å². The van der Waals surface area contributed by atoms with Crippen LogP contribution in [0.2, 0.25) is 0 Å². The van der Waals surface area contributed by atoms with E-state index in [1.54, 1.807) is 18.6 Å². The van der Waals surface area contributed by atoms with Gasteiger partial charge in [-0.3, -0.25) is 10.1 Å². The van der Waals surface area contributed by atoms with Gasteiger partial charge in [0.2, 0.25) is 0 Å². The van der Waals surface area contributed by atoms with Crippen molar-refractivity contribution >= 4 is 11.4 Å². The van der Waals surface area contributed by atoms with Crippen molar-refractivity contribution in [2.45, 2.75) is 6.42 Å². The number of nitrogens with two attached hydrogens (primary N) is 1. The van der Waals surface area contributed by atoms with Crippen LogP contribution in [0.3, 0.4) is 0 Å². The largest absolute Gasteiger partial charge is 0.393 e. The van der Waals surface area contributed by atoms with Crippen LogP contribution in [0.1, 0.15) is 11.1 Å². The van der Waals surface area contributed by atoms with Gasteiger partial charge in [0.1, 0.15) is 5.69 Å². The summed E-state index contributed by atoms with van der Waals surface area (Å²) in [5.41, 5.74) is 8.65. The highest BCUT2D eigenvalue weighted by Gasteiger charge is 2.13. The zero-order valence-corrected chi connectivity index (χ0v) is 11.7. The minimum absolute atomic E-state index is 0.0578. The van der Waals surface area contributed by atoms with Gasteiger partial charge in [-0.2, -0.15) is 0 Å². The van der Waals surface area contributed by atoms with Crippen LogP contribution in [0.5, 0.6) is 0 Å². The summed E-state index contributed by atoms with van der Waals surface area (Å²) in [4.78, 5) is 14.6. The predicted octanol–water partition coefficient (Wildman–Crippen LogP) is 2.95. The number of anilines is 1. The highest BCUT2D eigenvalue weighted by atomic mass is 16.6. The smallest absolute Gasteiger partial charge is 0.292 e. The fraction of sp³-hybridized carbons (Fsp3) is 0.0625. The molecule has 0 spiro atoms. The molecule has 2 aromatic carbocycles. The second-order valence-corrected chi connectivity index (χ2v) is 4.93. The molecule has 0 amide bonds. The van der Waals surface area contributed by atoms with E-state index < -0.39 is 4.92 Å². The molecule has 0 bridgehead atoms. The summed E-state index contributed by atoms with van der Waals surface area (Å²) in [7, 11) is 0. The van der Waals surface area contributed by atoms with E-state index in [0.717, 1.165) is 16.8 Å². The molecule has 3 aromatic rings. The molecule has 0 fully saturated rings. The quantitative estimate of drug-likeness (QED) is 0.455. The monoisotopic (exact) mass is 294 g/mol. The van der Waals surface area contributed by atoms with Crippen LogP contribution < -0.4 is 5.73 Å². The number of hydrogen-bond acceptors (Lipinski definition) is 4. The number of imidazole rings is 1. The Morgan fingerprint density at radius 2 is 2.05 bits per heavy atom. The van der Waals surface area contributed by atoms with Crippen LogP contribution in [0.4, 0.5) is 11.4 Å². The maximum absolute atomic E-state index is 11.0. The molecule has 0 aliphatic rings. The first-order chi connectivity index (χ1) is 10.6. The molecule has 0 atom stereocenters. The van der Waals surface area contributed by atoms with Crippen molar-refractivity contribution in [3.63, 3.8) is 0 Å². The van der Waals surface area contributed by atoms with Crippen LogP contribution in [-0.4, -0.2) is 14.5 Å². The van der Waals surface area contributed by atoms with Crippen LogP contribution in [-0.2, 0) is 6.42 Å². The van der Waals surface area contributed by atoms with E-state index in [-0.39, 0.29) is 11.4 Å². The summed E-state index contributed by atoms with van der Waals surface area (Å²) in [6.07, 6.45) is 5.88. The molecule has 0 aliphatic carbocycles. The number of nitro benzene ring substituents is 1. The Balaban J connectivity index is 1.98. The lowest BCUT2D eigenvalue weighted by molar-refractivity contribution is -0.383. The van der Waals surface area contributed by atoms with Gasteiger partial charge in [-0.25, -0.2) is 4.98 Å². The van der Waals surface area contributed by atoms with Crippen molar-refractivity contribution in [1.82, 2.24) is 9.55 Å². The Hall–Kier alpha value is -3.15. The number of nitro groups is 1. The number of rotatable bonds is 4. The zero-order chi connectivity index (χ0) is 15.5. The summed E-state index contributed by atoms with van der Waals surface area (Å²) in [6, 6.07) is 12.8. The minimum Gasteiger partial charge on any atom is -0.393 e. The molecular formula is C16H14N4O2. The van der Waals surface area contributed by atoms with Crippen LogP contribution in [0.25, 0.3) is 5.69 Å². The first-order valence-electron chi connectivity index (χ1n) is 6.74. The maximum Gasteiger partial charge on any atom is 0.292 e. The molecule has 1 heterocycles. The van der Waals surface area contributed by atoms with Gasteiger partial charge < -0.3 is 10.3 Å². The lowest BCUT2D eigenvalue weighted by atomic mass is 10.0. The summed E-state index contributed by atoms with van der Waals surface area (Å²) in [6.45, 7) is 0. The number of nitrogen functional groups attached to an aromatic ring is 1. The molecule has 0 saturated heterocycles. The fourth-order valence-electron chi connectivity index (χ4n) is 2.39. The SMILES string of the molecule is Nc1ccc(Cc2ccccc2-n2ccnc2)cc1[N+](=O)[O-]. The van der Waals surface area contributed by atoms with Crippen molar-refractivity contribution in [3.05, 3.63) is 82.4 Å². The molecule has 0 saturated carbocycles. The van der Waals surface area contributed by atoms with Gasteiger partial charge in [0.05, 0.1) is 11.3 Å².